The Morgan fingerprint density at radius 2 is 2.00 bits per heavy atom. The summed E-state index contributed by atoms with van der Waals surface area (Å²) in [5.41, 5.74) is 0.155. The number of carboxylic acid groups (broad SMARTS) is 1. The van der Waals surface area contributed by atoms with Gasteiger partial charge in [-0.1, -0.05) is 12.1 Å². The predicted octanol–water partition coefficient (Wildman–Crippen LogP) is 1.44. The van der Waals surface area contributed by atoms with Gasteiger partial charge in [0.05, 0.1) is 6.61 Å². The number of nitrogens with one attached hydrogen (secondary N) is 1. The first-order valence-corrected chi connectivity index (χ1v) is 6.77. The second-order valence-corrected chi connectivity index (χ2v) is 4.96. The molecule has 1 unspecified atom stereocenters. The monoisotopic (exact) mass is 281 g/mol. The van der Waals surface area contributed by atoms with Crippen molar-refractivity contribution in [1.82, 2.24) is 5.32 Å². The fraction of sp³-hybridized carbons (Fsp3) is 0.533. The van der Waals surface area contributed by atoms with Crippen LogP contribution in [0.4, 0.5) is 0 Å². The molecule has 1 aromatic rings. The maximum atomic E-state index is 11.1. The van der Waals surface area contributed by atoms with Crippen LogP contribution in [0.15, 0.2) is 24.3 Å². The van der Waals surface area contributed by atoms with Gasteiger partial charge < -0.3 is 20.3 Å². The molecule has 0 spiro atoms. The fourth-order valence-corrected chi connectivity index (χ4v) is 1.84. The van der Waals surface area contributed by atoms with E-state index in [0.717, 1.165) is 11.3 Å². The van der Waals surface area contributed by atoms with Gasteiger partial charge in [0, 0.05) is 6.61 Å². The van der Waals surface area contributed by atoms with Crippen LogP contribution in [0, 0.1) is 0 Å². The molecule has 1 aromatic carbocycles. The smallest absolute Gasteiger partial charge is 0.323 e. The molecule has 0 aliphatic rings. The molecule has 0 aromatic heterocycles. The zero-order chi connectivity index (χ0) is 15.0. The zero-order valence-electron chi connectivity index (χ0n) is 12.1. The van der Waals surface area contributed by atoms with E-state index in [1.54, 1.807) is 14.0 Å². The molecule has 1 rings (SSSR count). The number of carbonyl (C=O) groups is 1. The summed E-state index contributed by atoms with van der Waals surface area (Å²) in [5.74, 6) is -0.0958. The molecule has 0 saturated carbocycles. The standard InChI is InChI=1S/C15H23NO4/c1-15(16-2,14(18)19)9-3-11-20-13-6-4-12(5-7-13)8-10-17/h4-7,16-17H,3,8-11H2,1-2H3,(H,18,19). The second-order valence-electron chi connectivity index (χ2n) is 4.96. The van der Waals surface area contributed by atoms with E-state index >= 15 is 0 Å². The highest BCUT2D eigenvalue weighted by Crippen LogP contribution is 2.15. The molecule has 20 heavy (non-hydrogen) atoms. The van der Waals surface area contributed by atoms with Crippen LogP contribution in [-0.4, -0.2) is 42.0 Å². The minimum atomic E-state index is -0.908. The molecular formula is C15H23NO4. The van der Waals surface area contributed by atoms with E-state index in [0.29, 0.717) is 25.9 Å². The summed E-state index contributed by atoms with van der Waals surface area (Å²) in [6, 6.07) is 7.56. The summed E-state index contributed by atoms with van der Waals surface area (Å²) in [5, 5.41) is 20.7. The number of likely N-dealkylation sites (N-methyl/N-ethyl adjacent to an activating group) is 1. The number of benzene rings is 1. The third kappa shape index (κ3) is 4.83. The number of carboxylic acids is 1. The number of aliphatic carboxylic acids is 1. The van der Waals surface area contributed by atoms with E-state index in [1.807, 2.05) is 24.3 Å². The Morgan fingerprint density at radius 1 is 1.35 bits per heavy atom. The minimum absolute atomic E-state index is 0.137. The summed E-state index contributed by atoms with van der Waals surface area (Å²) in [4.78, 5) is 11.1. The molecular weight excluding hydrogens is 258 g/mol. The third-order valence-electron chi connectivity index (χ3n) is 3.44. The molecule has 112 valence electrons. The summed E-state index contributed by atoms with van der Waals surface area (Å²) >= 11 is 0. The first kappa shape index (κ1) is 16.5. The van der Waals surface area contributed by atoms with Crippen LogP contribution in [0.5, 0.6) is 5.75 Å². The topological polar surface area (TPSA) is 78.8 Å². The molecule has 0 heterocycles. The van der Waals surface area contributed by atoms with Crippen molar-refractivity contribution >= 4 is 5.97 Å². The van der Waals surface area contributed by atoms with Crippen molar-refractivity contribution in [2.75, 3.05) is 20.3 Å². The van der Waals surface area contributed by atoms with Crippen LogP contribution >= 0.6 is 0 Å². The van der Waals surface area contributed by atoms with Crippen LogP contribution in [0.2, 0.25) is 0 Å². The largest absolute Gasteiger partial charge is 0.494 e. The normalized spacial score (nSPS) is 13.8. The first-order valence-electron chi connectivity index (χ1n) is 6.77. The van der Waals surface area contributed by atoms with Crippen LogP contribution in [0.25, 0.3) is 0 Å². The second kappa shape index (κ2) is 7.87. The van der Waals surface area contributed by atoms with E-state index in [1.165, 1.54) is 0 Å². The molecule has 0 fully saturated rings. The van der Waals surface area contributed by atoms with Crippen LogP contribution in [0.3, 0.4) is 0 Å². The van der Waals surface area contributed by atoms with E-state index < -0.39 is 11.5 Å². The van der Waals surface area contributed by atoms with Crippen molar-refractivity contribution in [3.05, 3.63) is 29.8 Å². The van der Waals surface area contributed by atoms with Gasteiger partial charge in [0.25, 0.3) is 0 Å². The lowest BCUT2D eigenvalue weighted by molar-refractivity contribution is -0.144. The van der Waals surface area contributed by atoms with Gasteiger partial charge in [-0.3, -0.25) is 4.79 Å². The van der Waals surface area contributed by atoms with Crippen molar-refractivity contribution in [2.45, 2.75) is 31.7 Å². The Labute approximate surface area is 119 Å². The van der Waals surface area contributed by atoms with Crippen molar-refractivity contribution in [2.24, 2.45) is 0 Å². The van der Waals surface area contributed by atoms with E-state index in [-0.39, 0.29) is 6.61 Å². The van der Waals surface area contributed by atoms with Gasteiger partial charge in [-0.05, 0) is 50.9 Å². The SMILES string of the molecule is CNC(C)(CCCOc1ccc(CCO)cc1)C(=O)O. The minimum Gasteiger partial charge on any atom is -0.494 e. The van der Waals surface area contributed by atoms with Crippen LogP contribution in [0.1, 0.15) is 25.3 Å². The molecule has 0 saturated heterocycles. The molecule has 0 aliphatic heterocycles. The van der Waals surface area contributed by atoms with Gasteiger partial charge in [0.15, 0.2) is 0 Å². The third-order valence-corrected chi connectivity index (χ3v) is 3.44. The molecule has 0 aliphatic carbocycles. The molecule has 3 N–H and O–H groups in total. The lowest BCUT2D eigenvalue weighted by atomic mass is 9.96. The first-order chi connectivity index (χ1) is 9.51. The van der Waals surface area contributed by atoms with Crippen LogP contribution in [-0.2, 0) is 11.2 Å². The van der Waals surface area contributed by atoms with Crippen LogP contribution < -0.4 is 10.1 Å². The average Bonchev–Trinajstić information content (AvgIpc) is 2.45. The highest BCUT2D eigenvalue weighted by molar-refractivity contribution is 5.78. The van der Waals surface area contributed by atoms with Crippen molar-refractivity contribution < 1.29 is 19.7 Å². The summed E-state index contributed by atoms with van der Waals surface area (Å²) < 4.78 is 5.58. The lowest BCUT2D eigenvalue weighted by Gasteiger charge is -2.23. The maximum Gasteiger partial charge on any atom is 0.323 e. The van der Waals surface area contributed by atoms with Gasteiger partial charge >= 0.3 is 5.97 Å². The summed E-state index contributed by atoms with van der Waals surface area (Å²) in [6.45, 7) is 2.28. The highest BCUT2D eigenvalue weighted by Gasteiger charge is 2.30. The zero-order valence-corrected chi connectivity index (χ0v) is 12.1. The Kier molecular flexibility index (Phi) is 6.48. The molecule has 1 atom stereocenters. The highest BCUT2D eigenvalue weighted by atomic mass is 16.5. The fourth-order valence-electron chi connectivity index (χ4n) is 1.84. The average molecular weight is 281 g/mol. The quantitative estimate of drug-likeness (QED) is 0.597. The lowest BCUT2D eigenvalue weighted by Crippen LogP contribution is -2.47. The molecule has 0 amide bonds. The Balaban J connectivity index is 2.35. The Morgan fingerprint density at radius 3 is 2.50 bits per heavy atom. The Hall–Kier alpha value is -1.59. The van der Waals surface area contributed by atoms with E-state index in [9.17, 15) is 4.79 Å². The van der Waals surface area contributed by atoms with Gasteiger partial charge in [0.2, 0.25) is 0 Å². The number of hydrogen-bond acceptors (Lipinski definition) is 4. The van der Waals surface area contributed by atoms with Crippen molar-refractivity contribution in [1.29, 1.82) is 0 Å². The summed E-state index contributed by atoms with van der Waals surface area (Å²) in [6.07, 6.45) is 1.79. The van der Waals surface area contributed by atoms with E-state index in [4.69, 9.17) is 14.9 Å². The molecule has 5 nitrogen and oxygen atoms in total. The number of rotatable bonds is 9. The number of ether oxygens (including phenoxy) is 1. The number of hydrogen-bond donors (Lipinski definition) is 3. The molecule has 0 radical (unpaired) electrons. The molecule has 5 heteroatoms. The predicted molar refractivity (Wildman–Crippen MR) is 77.1 cm³/mol. The molecule has 0 bridgehead atoms. The van der Waals surface area contributed by atoms with Crippen molar-refractivity contribution in [3.8, 4) is 5.75 Å². The van der Waals surface area contributed by atoms with Gasteiger partial charge in [-0.25, -0.2) is 0 Å². The van der Waals surface area contributed by atoms with Gasteiger partial charge in [0.1, 0.15) is 11.3 Å². The van der Waals surface area contributed by atoms with Gasteiger partial charge in [-0.2, -0.15) is 0 Å². The Bertz CT molecular complexity index is 418. The number of aliphatic hydroxyl groups excluding tert-OH is 1. The number of aliphatic hydroxyl groups is 1. The van der Waals surface area contributed by atoms with Gasteiger partial charge in [-0.15, -0.1) is 0 Å². The van der Waals surface area contributed by atoms with Crippen molar-refractivity contribution in [3.63, 3.8) is 0 Å². The summed E-state index contributed by atoms with van der Waals surface area (Å²) in [7, 11) is 1.65. The maximum absolute atomic E-state index is 11.1. The van der Waals surface area contributed by atoms with E-state index in [2.05, 4.69) is 5.32 Å².